The highest BCUT2D eigenvalue weighted by atomic mass is 32.2. The first-order valence-electron chi connectivity index (χ1n) is 5.42. The third-order valence-electron chi connectivity index (χ3n) is 2.38. The molecule has 1 aromatic carbocycles. The average molecular weight is 293 g/mol. The summed E-state index contributed by atoms with van der Waals surface area (Å²) in [7, 11) is -3.57. The van der Waals surface area contributed by atoms with Crippen LogP contribution in [0.5, 0.6) is 0 Å². The van der Waals surface area contributed by atoms with E-state index < -0.39 is 10.0 Å². The minimum absolute atomic E-state index is 0.139. The van der Waals surface area contributed by atoms with Crippen molar-refractivity contribution in [1.82, 2.24) is 9.71 Å². The van der Waals surface area contributed by atoms with E-state index in [1.54, 1.807) is 6.20 Å². The van der Waals surface area contributed by atoms with Crippen LogP contribution < -0.4 is 4.72 Å². The molecule has 5 nitrogen and oxygen atoms in total. The number of rotatable bonds is 4. The van der Waals surface area contributed by atoms with Crippen molar-refractivity contribution in [3.05, 3.63) is 45.9 Å². The van der Waals surface area contributed by atoms with Crippen LogP contribution in [-0.2, 0) is 16.6 Å². The van der Waals surface area contributed by atoms with Gasteiger partial charge in [0.05, 0.1) is 23.1 Å². The fourth-order valence-corrected chi connectivity index (χ4v) is 3.24. The van der Waals surface area contributed by atoms with Crippen molar-refractivity contribution in [3.63, 3.8) is 0 Å². The standard InChI is InChI=1S/C12H11N3O2S2/c1-9-7-14-12(18-9)8-15-19(16,17)11-4-2-10(6-13)3-5-11/h2-5,7,15H,8H2,1H3. The van der Waals surface area contributed by atoms with Crippen LogP contribution in [0.1, 0.15) is 15.4 Å². The summed E-state index contributed by atoms with van der Waals surface area (Å²) in [5.74, 6) is 0. The van der Waals surface area contributed by atoms with E-state index in [1.807, 2.05) is 13.0 Å². The lowest BCUT2D eigenvalue weighted by atomic mass is 10.2. The van der Waals surface area contributed by atoms with E-state index >= 15 is 0 Å². The molecule has 0 aliphatic carbocycles. The van der Waals surface area contributed by atoms with Gasteiger partial charge < -0.3 is 0 Å². The number of nitrogens with zero attached hydrogens (tertiary/aromatic N) is 2. The molecule has 0 amide bonds. The molecule has 1 heterocycles. The Labute approximate surface area is 115 Å². The van der Waals surface area contributed by atoms with Crippen LogP contribution >= 0.6 is 11.3 Å². The summed E-state index contributed by atoms with van der Waals surface area (Å²) in [6, 6.07) is 7.71. The van der Waals surface area contributed by atoms with Gasteiger partial charge in [-0.05, 0) is 31.2 Å². The van der Waals surface area contributed by atoms with Gasteiger partial charge in [0.1, 0.15) is 5.01 Å². The second kappa shape index (κ2) is 5.48. The van der Waals surface area contributed by atoms with Crippen molar-refractivity contribution >= 4 is 21.4 Å². The molecule has 1 aromatic heterocycles. The topological polar surface area (TPSA) is 82.8 Å². The molecule has 0 radical (unpaired) electrons. The fraction of sp³-hybridized carbons (Fsp3) is 0.167. The van der Waals surface area contributed by atoms with Gasteiger partial charge >= 0.3 is 0 Å². The molecule has 98 valence electrons. The highest BCUT2D eigenvalue weighted by Crippen LogP contribution is 2.13. The molecule has 7 heteroatoms. The maximum Gasteiger partial charge on any atom is 0.240 e. The van der Waals surface area contributed by atoms with Gasteiger partial charge in [-0.25, -0.2) is 18.1 Å². The molecule has 0 aliphatic rings. The zero-order chi connectivity index (χ0) is 13.9. The maximum atomic E-state index is 12.0. The number of hydrogen-bond donors (Lipinski definition) is 1. The number of benzene rings is 1. The number of sulfonamides is 1. The lowest BCUT2D eigenvalue weighted by Gasteiger charge is -2.04. The minimum atomic E-state index is -3.57. The normalized spacial score (nSPS) is 11.2. The van der Waals surface area contributed by atoms with Gasteiger partial charge in [-0.1, -0.05) is 0 Å². The van der Waals surface area contributed by atoms with Crippen LogP contribution in [-0.4, -0.2) is 13.4 Å². The number of aryl methyl sites for hydroxylation is 1. The van der Waals surface area contributed by atoms with Crippen molar-refractivity contribution in [2.24, 2.45) is 0 Å². The second-order valence-corrected chi connectivity index (χ2v) is 6.91. The highest BCUT2D eigenvalue weighted by molar-refractivity contribution is 7.89. The Morgan fingerprint density at radius 1 is 1.37 bits per heavy atom. The Bertz CT molecular complexity index is 712. The van der Waals surface area contributed by atoms with E-state index in [0.717, 1.165) is 9.88 Å². The number of thiazole rings is 1. The number of aromatic nitrogens is 1. The molecule has 0 spiro atoms. The molecule has 1 N–H and O–H groups in total. The first kappa shape index (κ1) is 13.7. The van der Waals surface area contributed by atoms with Crippen molar-refractivity contribution < 1.29 is 8.42 Å². The van der Waals surface area contributed by atoms with Gasteiger partial charge in [0.25, 0.3) is 0 Å². The summed E-state index contributed by atoms with van der Waals surface area (Å²) < 4.78 is 26.5. The molecule has 0 saturated heterocycles. The number of hydrogen-bond acceptors (Lipinski definition) is 5. The summed E-state index contributed by atoms with van der Waals surface area (Å²) in [5.41, 5.74) is 0.425. The van der Waals surface area contributed by atoms with E-state index in [1.165, 1.54) is 35.6 Å². The molecule has 0 saturated carbocycles. The molecular weight excluding hydrogens is 282 g/mol. The first-order chi connectivity index (χ1) is 9.01. The largest absolute Gasteiger partial charge is 0.248 e. The smallest absolute Gasteiger partial charge is 0.240 e. The van der Waals surface area contributed by atoms with Crippen LogP contribution in [0.25, 0.3) is 0 Å². The Hall–Kier alpha value is -1.75. The Kier molecular flexibility index (Phi) is 3.95. The molecule has 0 bridgehead atoms. The van der Waals surface area contributed by atoms with Gasteiger partial charge in [0, 0.05) is 11.1 Å². The monoisotopic (exact) mass is 293 g/mol. The van der Waals surface area contributed by atoms with Gasteiger partial charge in [0.2, 0.25) is 10.0 Å². The molecule has 0 unspecified atom stereocenters. The quantitative estimate of drug-likeness (QED) is 0.931. The third kappa shape index (κ3) is 3.38. The van der Waals surface area contributed by atoms with E-state index in [4.69, 9.17) is 5.26 Å². The van der Waals surface area contributed by atoms with E-state index in [-0.39, 0.29) is 11.4 Å². The average Bonchev–Trinajstić information content (AvgIpc) is 2.82. The Morgan fingerprint density at radius 3 is 2.58 bits per heavy atom. The lowest BCUT2D eigenvalue weighted by Crippen LogP contribution is -2.23. The van der Waals surface area contributed by atoms with Crippen LogP contribution in [0, 0.1) is 18.3 Å². The Morgan fingerprint density at radius 2 is 2.05 bits per heavy atom. The van der Waals surface area contributed by atoms with Gasteiger partial charge in [-0.15, -0.1) is 11.3 Å². The number of nitriles is 1. The van der Waals surface area contributed by atoms with Gasteiger partial charge in [-0.2, -0.15) is 5.26 Å². The minimum Gasteiger partial charge on any atom is -0.248 e. The molecule has 19 heavy (non-hydrogen) atoms. The van der Waals surface area contributed by atoms with E-state index in [2.05, 4.69) is 9.71 Å². The maximum absolute atomic E-state index is 12.0. The van der Waals surface area contributed by atoms with Crippen molar-refractivity contribution in [2.75, 3.05) is 0 Å². The Balaban J connectivity index is 2.11. The van der Waals surface area contributed by atoms with E-state index in [0.29, 0.717) is 5.56 Å². The number of nitrogens with one attached hydrogen (secondary N) is 1. The van der Waals surface area contributed by atoms with Gasteiger partial charge in [-0.3, -0.25) is 0 Å². The molecule has 0 atom stereocenters. The predicted molar refractivity (Wildman–Crippen MR) is 72.0 cm³/mol. The van der Waals surface area contributed by atoms with Crippen molar-refractivity contribution in [1.29, 1.82) is 5.26 Å². The molecule has 0 fully saturated rings. The summed E-state index contributed by atoms with van der Waals surface area (Å²) in [6.45, 7) is 2.08. The molecule has 0 aliphatic heterocycles. The van der Waals surface area contributed by atoms with Crippen molar-refractivity contribution in [2.45, 2.75) is 18.4 Å². The lowest BCUT2D eigenvalue weighted by molar-refractivity contribution is 0.581. The summed E-state index contributed by atoms with van der Waals surface area (Å²) in [4.78, 5) is 5.26. The SMILES string of the molecule is Cc1cnc(CNS(=O)(=O)c2ccc(C#N)cc2)s1. The first-order valence-corrected chi connectivity index (χ1v) is 7.72. The van der Waals surface area contributed by atoms with E-state index in [9.17, 15) is 8.42 Å². The van der Waals surface area contributed by atoms with Crippen LogP contribution in [0.2, 0.25) is 0 Å². The highest BCUT2D eigenvalue weighted by Gasteiger charge is 2.14. The van der Waals surface area contributed by atoms with Crippen LogP contribution in [0.15, 0.2) is 35.4 Å². The summed E-state index contributed by atoms with van der Waals surface area (Å²) >= 11 is 1.45. The predicted octanol–water partition coefficient (Wildman–Crippen LogP) is 1.80. The van der Waals surface area contributed by atoms with Gasteiger partial charge in [0.15, 0.2) is 0 Å². The second-order valence-electron chi connectivity index (χ2n) is 3.83. The molecule has 2 rings (SSSR count). The third-order valence-corrected chi connectivity index (χ3v) is 4.71. The van der Waals surface area contributed by atoms with Crippen molar-refractivity contribution in [3.8, 4) is 6.07 Å². The molecule has 2 aromatic rings. The molecular formula is C12H11N3O2S2. The zero-order valence-electron chi connectivity index (χ0n) is 10.1. The van der Waals surface area contributed by atoms with Crippen LogP contribution in [0.4, 0.5) is 0 Å². The summed E-state index contributed by atoms with van der Waals surface area (Å²) in [6.07, 6.45) is 1.70. The van der Waals surface area contributed by atoms with Crippen LogP contribution in [0.3, 0.4) is 0 Å². The fourth-order valence-electron chi connectivity index (χ4n) is 1.43. The summed E-state index contributed by atoms with van der Waals surface area (Å²) in [5, 5.41) is 9.38. The zero-order valence-corrected chi connectivity index (χ0v) is 11.8.